The Hall–Kier alpha value is -2.60. The molecule has 334 valence electrons. The number of carbonyl (C=O) groups excluding carboxylic acids is 2. The zero-order valence-corrected chi connectivity index (χ0v) is 36.3. The van der Waals surface area contributed by atoms with Crippen LogP contribution in [0, 0.1) is 0 Å². The topological polar surface area (TPSA) is 152 Å². The van der Waals surface area contributed by atoms with Crippen molar-refractivity contribution in [2.75, 3.05) is 19.8 Å². The van der Waals surface area contributed by atoms with Gasteiger partial charge in [-0.1, -0.05) is 152 Å². The van der Waals surface area contributed by atoms with Gasteiger partial charge in [0.2, 0.25) is 0 Å². The average Bonchev–Trinajstić information content (AvgIpc) is 3.22. The highest BCUT2D eigenvalue weighted by Crippen LogP contribution is 2.22. The van der Waals surface area contributed by atoms with Crippen molar-refractivity contribution >= 4 is 11.9 Å². The Morgan fingerprint density at radius 3 is 1.55 bits per heavy atom. The highest BCUT2D eigenvalue weighted by atomic mass is 16.7. The zero-order valence-electron chi connectivity index (χ0n) is 36.3. The average molecular weight is 819 g/mol. The summed E-state index contributed by atoms with van der Waals surface area (Å²) in [7, 11) is 0. The van der Waals surface area contributed by atoms with Crippen LogP contribution in [-0.2, 0) is 28.5 Å². The number of aliphatic hydroxyl groups excluding tert-OH is 4. The van der Waals surface area contributed by atoms with Crippen LogP contribution >= 0.6 is 0 Å². The van der Waals surface area contributed by atoms with Gasteiger partial charge in [-0.3, -0.25) is 9.59 Å². The molecular weight excluding hydrogens is 737 g/mol. The van der Waals surface area contributed by atoms with Crippen LogP contribution in [0.5, 0.6) is 0 Å². The molecule has 0 aromatic rings. The minimum absolute atomic E-state index is 0.220. The molecule has 0 aromatic heterocycles. The fourth-order valence-corrected chi connectivity index (χ4v) is 6.53. The molecule has 10 nitrogen and oxygen atoms in total. The Kier molecular flexibility index (Phi) is 35.5. The molecule has 0 aromatic carbocycles. The van der Waals surface area contributed by atoms with E-state index in [0.717, 1.165) is 96.3 Å². The van der Waals surface area contributed by atoms with E-state index in [9.17, 15) is 30.0 Å². The molecule has 4 N–H and O–H groups in total. The number of aliphatic hydroxyl groups is 4. The van der Waals surface area contributed by atoms with Gasteiger partial charge in [0.1, 0.15) is 31.0 Å². The van der Waals surface area contributed by atoms with Crippen LogP contribution in [0.3, 0.4) is 0 Å². The first-order chi connectivity index (χ1) is 28.3. The smallest absolute Gasteiger partial charge is 0.306 e. The third kappa shape index (κ3) is 29.6. The number of rotatable bonds is 37. The molecule has 1 aliphatic heterocycles. The first-order valence-electron chi connectivity index (χ1n) is 22.9. The molecule has 1 saturated heterocycles. The van der Waals surface area contributed by atoms with E-state index in [0.29, 0.717) is 12.8 Å². The van der Waals surface area contributed by atoms with Crippen molar-refractivity contribution in [3.05, 3.63) is 60.8 Å². The second-order valence-electron chi connectivity index (χ2n) is 15.5. The number of hydrogen-bond acceptors (Lipinski definition) is 10. The largest absolute Gasteiger partial charge is 0.462 e. The van der Waals surface area contributed by atoms with E-state index in [1.54, 1.807) is 0 Å². The highest BCUT2D eigenvalue weighted by Gasteiger charge is 2.44. The first kappa shape index (κ1) is 53.4. The first-order valence-corrected chi connectivity index (χ1v) is 22.9. The van der Waals surface area contributed by atoms with Gasteiger partial charge in [0.15, 0.2) is 12.4 Å². The van der Waals surface area contributed by atoms with Gasteiger partial charge in [-0.15, -0.1) is 0 Å². The maximum absolute atomic E-state index is 12.8. The lowest BCUT2D eigenvalue weighted by molar-refractivity contribution is -0.305. The van der Waals surface area contributed by atoms with Crippen LogP contribution in [-0.4, -0.2) is 89.0 Å². The van der Waals surface area contributed by atoms with Gasteiger partial charge >= 0.3 is 11.9 Å². The summed E-state index contributed by atoms with van der Waals surface area (Å²) in [6.07, 6.45) is 39.5. The summed E-state index contributed by atoms with van der Waals surface area (Å²) in [6, 6.07) is 0. The molecule has 0 saturated carbocycles. The molecule has 0 radical (unpaired) electrons. The van der Waals surface area contributed by atoms with Crippen LogP contribution < -0.4 is 0 Å². The second kappa shape index (κ2) is 38.6. The quantitative estimate of drug-likeness (QED) is 0.0271. The van der Waals surface area contributed by atoms with E-state index >= 15 is 0 Å². The molecule has 10 heteroatoms. The molecule has 0 bridgehead atoms. The molecule has 0 spiro atoms. The minimum atomic E-state index is -1.60. The highest BCUT2D eigenvalue weighted by molar-refractivity contribution is 5.70. The zero-order chi connectivity index (χ0) is 42.3. The van der Waals surface area contributed by atoms with Crippen LogP contribution in [0.4, 0.5) is 0 Å². The van der Waals surface area contributed by atoms with E-state index in [-0.39, 0.29) is 26.1 Å². The third-order valence-corrected chi connectivity index (χ3v) is 10.1. The standard InChI is InChI=1S/C48H82O10/c1-3-5-7-9-11-13-15-16-17-18-19-20-21-22-23-24-25-26-27-29-31-33-35-37-44(51)57-41(40-56-48-47(54)46(53)45(52)42(38-49)58-48)39-55-43(50)36-34-32-30-28-14-12-10-8-6-4-2/h5,7-8,10-11,13,16-17,19-20,41-42,45-49,52-54H,3-4,6,9,12,14-15,18,21-40H2,1-2H3/b7-5-,10-8-,13-11-,17-16-,20-19-. The summed E-state index contributed by atoms with van der Waals surface area (Å²) in [5.74, 6) is -0.827. The van der Waals surface area contributed by atoms with Crippen LogP contribution in [0.15, 0.2) is 60.8 Å². The SMILES string of the molecule is CC/C=C\C/C=C\C/C=C\C/C=C\CCCCCCCCCCCCC(=O)OC(COC(=O)CCCCCCC/C=C\CCC)COC1OC(CO)C(O)C(O)C1O. The molecule has 1 rings (SSSR count). The molecule has 0 amide bonds. The molecule has 1 aliphatic rings. The number of ether oxygens (including phenoxy) is 4. The Morgan fingerprint density at radius 1 is 0.552 bits per heavy atom. The molecule has 6 unspecified atom stereocenters. The molecular formula is C48H82O10. The summed E-state index contributed by atoms with van der Waals surface area (Å²) in [4.78, 5) is 25.3. The number of esters is 2. The maximum Gasteiger partial charge on any atom is 0.306 e. The number of hydrogen-bond donors (Lipinski definition) is 4. The van der Waals surface area contributed by atoms with Crippen molar-refractivity contribution < 1.29 is 49.0 Å². The normalized spacial score (nSPS) is 20.7. The van der Waals surface area contributed by atoms with Crippen molar-refractivity contribution in [2.24, 2.45) is 0 Å². The van der Waals surface area contributed by atoms with Gasteiger partial charge in [-0.2, -0.15) is 0 Å². The van der Waals surface area contributed by atoms with Gasteiger partial charge < -0.3 is 39.4 Å². The Bertz CT molecular complexity index is 1130. The van der Waals surface area contributed by atoms with Crippen LogP contribution in [0.2, 0.25) is 0 Å². The summed E-state index contributed by atoms with van der Waals surface area (Å²) in [5, 5.41) is 40.0. The van der Waals surface area contributed by atoms with Crippen molar-refractivity contribution in [1.82, 2.24) is 0 Å². The maximum atomic E-state index is 12.8. The monoisotopic (exact) mass is 819 g/mol. The second-order valence-corrected chi connectivity index (χ2v) is 15.5. The van der Waals surface area contributed by atoms with Crippen molar-refractivity contribution in [1.29, 1.82) is 0 Å². The van der Waals surface area contributed by atoms with E-state index < -0.39 is 55.4 Å². The van der Waals surface area contributed by atoms with E-state index in [1.807, 2.05) is 0 Å². The van der Waals surface area contributed by atoms with Crippen molar-refractivity contribution in [2.45, 2.75) is 211 Å². The Morgan fingerprint density at radius 2 is 1.02 bits per heavy atom. The van der Waals surface area contributed by atoms with Gasteiger partial charge in [0, 0.05) is 12.8 Å². The lowest BCUT2D eigenvalue weighted by Gasteiger charge is -2.39. The van der Waals surface area contributed by atoms with E-state index in [1.165, 1.54) is 38.5 Å². The third-order valence-electron chi connectivity index (χ3n) is 10.1. The molecule has 1 fully saturated rings. The van der Waals surface area contributed by atoms with E-state index in [2.05, 4.69) is 74.6 Å². The fraction of sp³-hybridized carbons (Fsp3) is 0.750. The number of allylic oxidation sites excluding steroid dienone is 10. The van der Waals surface area contributed by atoms with Gasteiger partial charge in [-0.05, 0) is 70.6 Å². The predicted molar refractivity (Wildman–Crippen MR) is 233 cm³/mol. The molecule has 0 aliphatic carbocycles. The Balaban J connectivity index is 2.27. The lowest BCUT2D eigenvalue weighted by atomic mass is 9.99. The summed E-state index contributed by atoms with van der Waals surface area (Å²) < 4.78 is 22.1. The molecule has 6 atom stereocenters. The predicted octanol–water partition coefficient (Wildman–Crippen LogP) is 9.83. The van der Waals surface area contributed by atoms with Crippen molar-refractivity contribution in [3.8, 4) is 0 Å². The lowest BCUT2D eigenvalue weighted by Crippen LogP contribution is -2.59. The molecule has 1 heterocycles. The van der Waals surface area contributed by atoms with Gasteiger partial charge in [0.05, 0.1) is 13.2 Å². The Labute approximate surface area is 351 Å². The van der Waals surface area contributed by atoms with Crippen LogP contribution in [0.25, 0.3) is 0 Å². The molecule has 58 heavy (non-hydrogen) atoms. The minimum Gasteiger partial charge on any atom is -0.462 e. The number of unbranched alkanes of at least 4 members (excludes halogenated alkanes) is 16. The van der Waals surface area contributed by atoms with Crippen molar-refractivity contribution in [3.63, 3.8) is 0 Å². The fourth-order valence-electron chi connectivity index (χ4n) is 6.53. The number of carbonyl (C=O) groups is 2. The van der Waals surface area contributed by atoms with Gasteiger partial charge in [0.25, 0.3) is 0 Å². The van der Waals surface area contributed by atoms with Crippen LogP contribution in [0.1, 0.15) is 174 Å². The van der Waals surface area contributed by atoms with E-state index in [4.69, 9.17) is 18.9 Å². The summed E-state index contributed by atoms with van der Waals surface area (Å²) in [6.45, 7) is 3.22. The van der Waals surface area contributed by atoms with Gasteiger partial charge in [-0.25, -0.2) is 0 Å². The summed E-state index contributed by atoms with van der Waals surface area (Å²) in [5.41, 5.74) is 0. The summed E-state index contributed by atoms with van der Waals surface area (Å²) >= 11 is 0.